The fourth-order valence-electron chi connectivity index (χ4n) is 3.21. The number of hydroxylamine groups is 1. The van der Waals surface area contributed by atoms with Gasteiger partial charge < -0.3 is 25.3 Å². The minimum atomic E-state index is -0.450. The van der Waals surface area contributed by atoms with E-state index in [-0.39, 0.29) is 15.5 Å². The van der Waals surface area contributed by atoms with E-state index in [4.69, 9.17) is 4.74 Å². The molecule has 0 fully saturated rings. The first-order valence-corrected chi connectivity index (χ1v) is 10.5. The van der Waals surface area contributed by atoms with E-state index in [9.17, 15) is 10.4 Å². The number of quaternary nitrogens is 2. The largest absolute Gasteiger partial charge is 0.628 e. The summed E-state index contributed by atoms with van der Waals surface area (Å²) >= 11 is 0. The molecular weight excluding hydrogens is 388 g/mol. The van der Waals surface area contributed by atoms with Gasteiger partial charge in [-0.3, -0.25) is 0 Å². The van der Waals surface area contributed by atoms with Crippen molar-refractivity contribution < 1.29 is 14.9 Å². The summed E-state index contributed by atoms with van der Waals surface area (Å²) in [6, 6.07) is 22.0. The number of benzene rings is 3. The van der Waals surface area contributed by atoms with E-state index in [1.807, 2.05) is 32.9 Å². The van der Waals surface area contributed by atoms with Gasteiger partial charge in [-0.25, -0.2) is 0 Å². The van der Waals surface area contributed by atoms with Crippen LogP contribution >= 0.6 is 0 Å². The van der Waals surface area contributed by atoms with Crippen molar-refractivity contribution in [3.05, 3.63) is 88.8 Å². The van der Waals surface area contributed by atoms with Crippen molar-refractivity contribution in [3.8, 4) is 11.5 Å². The second-order valence-corrected chi connectivity index (χ2v) is 9.89. The van der Waals surface area contributed by atoms with Crippen molar-refractivity contribution in [1.29, 1.82) is 0 Å². The Morgan fingerprint density at radius 3 is 1.39 bits per heavy atom. The lowest BCUT2D eigenvalue weighted by Crippen LogP contribution is -3.10. The Morgan fingerprint density at radius 1 is 0.581 bits per heavy atom. The van der Waals surface area contributed by atoms with Crippen LogP contribution in [0.4, 0.5) is 17.1 Å². The lowest BCUT2D eigenvalue weighted by atomic mass is 9.87. The van der Waals surface area contributed by atoms with Crippen molar-refractivity contribution in [2.24, 2.45) is 0 Å². The van der Waals surface area contributed by atoms with Gasteiger partial charge in [-0.15, -0.1) is 0 Å². The first-order chi connectivity index (χ1) is 14.4. The number of hydrogen-bond donors (Lipinski definition) is 2. The van der Waals surface area contributed by atoms with Crippen LogP contribution in [0.2, 0.25) is 0 Å². The highest BCUT2D eigenvalue weighted by Crippen LogP contribution is 2.27. The predicted molar refractivity (Wildman–Crippen MR) is 125 cm³/mol. The number of ether oxygens (including phenoxy) is 1. The fourth-order valence-corrected chi connectivity index (χ4v) is 3.21. The van der Waals surface area contributed by atoms with E-state index in [2.05, 4.69) is 32.9 Å². The monoisotopic (exact) mass is 420 g/mol. The summed E-state index contributed by atoms with van der Waals surface area (Å²) < 4.78 is 5.91. The summed E-state index contributed by atoms with van der Waals surface area (Å²) in [4.78, 5) is 0. The third-order valence-corrected chi connectivity index (χ3v) is 5.16. The maximum absolute atomic E-state index is 12.8. The van der Waals surface area contributed by atoms with Crippen LogP contribution in [-0.2, 0) is 5.41 Å². The molecule has 0 saturated carbocycles. The van der Waals surface area contributed by atoms with E-state index in [1.54, 1.807) is 48.5 Å². The fraction of sp³-hybridized carbons (Fsp3) is 0.308. The van der Waals surface area contributed by atoms with Crippen molar-refractivity contribution in [3.63, 3.8) is 0 Å². The third-order valence-electron chi connectivity index (χ3n) is 5.16. The third kappa shape index (κ3) is 5.71. The molecule has 5 heteroatoms. The molecule has 0 saturated heterocycles. The second kappa shape index (κ2) is 8.81. The molecule has 3 aromatic rings. The van der Waals surface area contributed by atoms with Gasteiger partial charge in [0.2, 0.25) is 0 Å². The summed E-state index contributed by atoms with van der Waals surface area (Å²) in [5, 5.41) is 25.1. The van der Waals surface area contributed by atoms with Crippen LogP contribution in [-0.4, -0.2) is 5.54 Å². The molecule has 2 atom stereocenters. The SMILES string of the molecule is CC(C)(C)c1ccc(Oc2ccc([NH+]([O-])c3ccc([NH+]([O-])C(C)(C)C)cc3)cc2)cc1. The standard InChI is InChI=1S/C26H32N2O3/c1-25(2,3)19-7-15-23(16-8-19)31-24-17-13-21(14-18-24)27(29)20-9-11-22(12-10-20)28(30)26(4,5)6/h7-18,27-28H,1-6H3. The Labute approximate surface area is 185 Å². The zero-order valence-corrected chi connectivity index (χ0v) is 19.2. The van der Waals surface area contributed by atoms with E-state index in [0.717, 1.165) is 5.75 Å². The van der Waals surface area contributed by atoms with Crippen LogP contribution < -0.4 is 14.9 Å². The smallest absolute Gasteiger partial charge is 0.136 e. The Morgan fingerprint density at radius 2 is 0.968 bits per heavy atom. The van der Waals surface area contributed by atoms with Crippen molar-refractivity contribution in [2.45, 2.75) is 52.5 Å². The Kier molecular flexibility index (Phi) is 6.53. The minimum absolute atomic E-state index is 0.0588. The van der Waals surface area contributed by atoms with Gasteiger partial charge in [-0.2, -0.15) is 0 Å². The van der Waals surface area contributed by atoms with Crippen LogP contribution in [0.5, 0.6) is 11.5 Å². The van der Waals surface area contributed by atoms with Crippen LogP contribution in [0.3, 0.4) is 0 Å². The van der Waals surface area contributed by atoms with E-state index in [0.29, 0.717) is 22.8 Å². The van der Waals surface area contributed by atoms with Gasteiger partial charge in [0.05, 0.1) is 5.54 Å². The van der Waals surface area contributed by atoms with Crippen molar-refractivity contribution >= 4 is 17.1 Å². The molecule has 0 aliphatic rings. The van der Waals surface area contributed by atoms with Crippen LogP contribution in [0.1, 0.15) is 47.1 Å². The number of hydrogen-bond acceptors (Lipinski definition) is 3. The second-order valence-electron chi connectivity index (χ2n) is 9.89. The maximum atomic E-state index is 12.8. The van der Waals surface area contributed by atoms with Crippen LogP contribution in [0, 0.1) is 10.4 Å². The maximum Gasteiger partial charge on any atom is 0.136 e. The van der Waals surface area contributed by atoms with Gasteiger partial charge in [0.15, 0.2) is 0 Å². The number of rotatable bonds is 5. The predicted octanol–water partition coefficient (Wildman–Crippen LogP) is 4.94. The molecule has 0 heterocycles. The molecule has 0 aliphatic carbocycles. The molecule has 0 amide bonds. The van der Waals surface area contributed by atoms with Gasteiger partial charge >= 0.3 is 0 Å². The number of nitrogens with one attached hydrogen (secondary N) is 2. The zero-order valence-electron chi connectivity index (χ0n) is 19.2. The van der Waals surface area contributed by atoms with Gasteiger partial charge in [0.25, 0.3) is 0 Å². The van der Waals surface area contributed by atoms with Crippen molar-refractivity contribution in [2.75, 3.05) is 0 Å². The summed E-state index contributed by atoms with van der Waals surface area (Å²) in [7, 11) is 0. The average molecular weight is 421 g/mol. The van der Waals surface area contributed by atoms with Crippen LogP contribution in [0.25, 0.3) is 0 Å². The molecule has 5 nitrogen and oxygen atoms in total. The van der Waals surface area contributed by atoms with Gasteiger partial charge in [-0.05, 0) is 56.0 Å². The van der Waals surface area contributed by atoms with Gasteiger partial charge in [-0.1, -0.05) is 32.9 Å². The van der Waals surface area contributed by atoms with Gasteiger partial charge in [0, 0.05) is 36.4 Å². The first kappa shape index (κ1) is 23.0. The highest BCUT2D eigenvalue weighted by molar-refractivity contribution is 5.45. The highest BCUT2D eigenvalue weighted by Gasteiger charge is 2.20. The molecular formula is C26H32N2O3. The normalized spacial score (nSPS) is 14.2. The lowest BCUT2D eigenvalue weighted by molar-refractivity contribution is -0.832. The quantitative estimate of drug-likeness (QED) is 0.575. The molecule has 3 aromatic carbocycles. The van der Waals surface area contributed by atoms with Crippen LogP contribution in [0.15, 0.2) is 72.8 Å². The molecule has 0 aromatic heterocycles. The molecule has 0 radical (unpaired) electrons. The topological polar surface area (TPSA) is 64.2 Å². The molecule has 0 spiro atoms. The lowest BCUT2D eigenvalue weighted by Gasteiger charge is -2.35. The summed E-state index contributed by atoms with van der Waals surface area (Å²) in [6.07, 6.45) is 0. The summed E-state index contributed by atoms with van der Waals surface area (Å²) in [5.74, 6) is 1.43. The molecule has 2 unspecified atom stereocenters. The molecule has 164 valence electrons. The Balaban J connectivity index is 1.68. The Hall–Kier alpha value is -2.70. The van der Waals surface area contributed by atoms with E-state index >= 15 is 0 Å². The Bertz CT molecular complexity index is 983. The molecule has 2 N–H and O–H groups in total. The zero-order chi connectivity index (χ0) is 22.8. The summed E-state index contributed by atoms with van der Waals surface area (Å²) in [5.41, 5.74) is 2.64. The van der Waals surface area contributed by atoms with E-state index in [1.165, 1.54) is 5.56 Å². The average Bonchev–Trinajstić information content (AvgIpc) is 2.72. The minimum Gasteiger partial charge on any atom is -0.628 e. The molecule has 31 heavy (non-hydrogen) atoms. The summed E-state index contributed by atoms with van der Waals surface area (Å²) in [6.45, 7) is 12.2. The molecule has 0 aliphatic heterocycles. The first-order valence-electron chi connectivity index (χ1n) is 10.5. The van der Waals surface area contributed by atoms with E-state index < -0.39 is 5.54 Å². The van der Waals surface area contributed by atoms with Crippen molar-refractivity contribution in [1.82, 2.24) is 0 Å². The molecule has 3 rings (SSSR count). The molecule has 0 bridgehead atoms. The van der Waals surface area contributed by atoms with Gasteiger partial charge in [0.1, 0.15) is 28.6 Å². The highest BCUT2D eigenvalue weighted by atomic mass is 16.5.